The largest absolute Gasteiger partial charge is 0.375 e. The summed E-state index contributed by atoms with van der Waals surface area (Å²) in [6.07, 6.45) is 0.189. The third-order valence-electron chi connectivity index (χ3n) is 4.90. The van der Waals surface area contributed by atoms with E-state index in [9.17, 15) is 14.4 Å². The molecular formula is C22H24BrN3O4. The zero-order chi connectivity index (χ0) is 21.7. The second kappa shape index (κ2) is 9.86. The molecule has 8 heteroatoms. The van der Waals surface area contributed by atoms with Crippen molar-refractivity contribution in [3.05, 3.63) is 58.1 Å². The van der Waals surface area contributed by atoms with Crippen LogP contribution < -0.4 is 15.5 Å². The minimum Gasteiger partial charge on any atom is -0.375 e. The summed E-state index contributed by atoms with van der Waals surface area (Å²) >= 11 is 3.46. The van der Waals surface area contributed by atoms with Crippen LogP contribution in [0.2, 0.25) is 0 Å². The van der Waals surface area contributed by atoms with Crippen LogP contribution >= 0.6 is 15.9 Å². The van der Waals surface area contributed by atoms with Crippen LogP contribution in [0.5, 0.6) is 0 Å². The maximum absolute atomic E-state index is 12.6. The van der Waals surface area contributed by atoms with E-state index in [1.165, 1.54) is 7.11 Å². The van der Waals surface area contributed by atoms with Gasteiger partial charge >= 0.3 is 0 Å². The maximum atomic E-state index is 12.6. The highest BCUT2D eigenvalue weighted by Gasteiger charge is 2.35. The lowest BCUT2D eigenvalue weighted by Gasteiger charge is -2.18. The van der Waals surface area contributed by atoms with E-state index >= 15 is 0 Å². The number of aryl methyl sites for hydroxylation is 1. The monoisotopic (exact) mass is 473 g/mol. The summed E-state index contributed by atoms with van der Waals surface area (Å²) in [4.78, 5) is 38.4. The van der Waals surface area contributed by atoms with E-state index in [4.69, 9.17) is 4.74 Å². The molecule has 0 saturated carbocycles. The fourth-order valence-electron chi connectivity index (χ4n) is 3.35. The van der Waals surface area contributed by atoms with E-state index < -0.39 is 5.92 Å². The molecule has 1 atom stereocenters. The molecule has 0 bridgehead atoms. The van der Waals surface area contributed by atoms with Crippen LogP contribution in [0.3, 0.4) is 0 Å². The first-order valence-corrected chi connectivity index (χ1v) is 10.4. The third kappa shape index (κ3) is 5.46. The normalized spacial score (nSPS) is 15.9. The van der Waals surface area contributed by atoms with Gasteiger partial charge in [0.15, 0.2) is 0 Å². The Morgan fingerprint density at radius 3 is 2.77 bits per heavy atom. The molecule has 3 amide bonds. The summed E-state index contributed by atoms with van der Waals surface area (Å²) in [7, 11) is 1.46. The number of carbonyl (C=O) groups is 3. The van der Waals surface area contributed by atoms with Crippen molar-refractivity contribution in [1.29, 1.82) is 0 Å². The Morgan fingerprint density at radius 2 is 2.03 bits per heavy atom. The van der Waals surface area contributed by atoms with Crippen molar-refractivity contribution in [2.24, 2.45) is 5.92 Å². The van der Waals surface area contributed by atoms with Crippen molar-refractivity contribution >= 4 is 45.0 Å². The molecule has 1 fully saturated rings. The first-order chi connectivity index (χ1) is 14.4. The number of rotatable bonds is 7. The summed E-state index contributed by atoms with van der Waals surface area (Å²) in [6, 6.07) is 13.0. The number of carbonyl (C=O) groups excluding carboxylic acids is 3. The molecule has 0 aromatic heterocycles. The molecule has 2 aromatic rings. The van der Waals surface area contributed by atoms with E-state index in [1.54, 1.807) is 23.1 Å². The van der Waals surface area contributed by atoms with Gasteiger partial charge < -0.3 is 20.3 Å². The molecule has 1 unspecified atom stereocenters. The molecule has 2 aromatic carbocycles. The SMILES string of the molecule is COCC(=O)Nc1cccc(CNC(=O)C2CC(=O)N(c3ccc(Br)c(C)c3)C2)c1. The first kappa shape index (κ1) is 22.0. The van der Waals surface area contributed by atoms with Gasteiger partial charge in [-0.1, -0.05) is 28.1 Å². The minimum absolute atomic E-state index is 0.0228. The van der Waals surface area contributed by atoms with E-state index in [2.05, 4.69) is 26.6 Å². The van der Waals surface area contributed by atoms with Crippen LogP contribution in [0.4, 0.5) is 11.4 Å². The molecule has 1 heterocycles. The Labute approximate surface area is 183 Å². The predicted octanol–water partition coefficient (Wildman–Crippen LogP) is 3.01. The number of nitrogens with one attached hydrogen (secondary N) is 2. The standard InChI is InChI=1S/C22H24BrN3O4/c1-14-8-18(6-7-19(14)23)26-12-16(10-21(26)28)22(29)24-11-15-4-3-5-17(9-15)25-20(27)13-30-2/h3-9,16H,10-13H2,1-2H3,(H,24,29)(H,25,27). The Morgan fingerprint density at radius 1 is 1.23 bits per heavy atom. The maximum Gasteiger partial charge on any atom is 0.250 e. The topological polar surface area (TPSA) is 87.7 Å². The summed E-state index contributed by atoms with van der Waals surface area (Å²) < 4.78 is 5.78. The number of halogens is 1. The second-order valence-corrected chi connectivity index (χ2v) is 8.09. The second-order valence-electron chi connectivity index (χ2n) is 7.24. The number of methoxy groups -OCH3 is 1. The molecule has 0 aliphatic carbocycles. The number of amides is 3. The molecule has 3 rings (SSSR count). The Balaban J connectivity index is 1.57. The van der Waals surface area contributed by atoms with Crippen LogP contribution in [-0.2, 0) is 25.7 Å². The number of benzene rings is 2. The average molecular weight is 474 g/mol. The van der Waals surface area contributed by atoms with Gasteiger partial charge in [-0.25, -0.2) is 0 Å². The summed E-state index contributed by atoms with van der Waals surface area (Å²) in [5.41, 5.74) is 3.32. The lowest BCUT2D eigenvalue weighted by molar-refractivity contribution is -0.126. The summed E-state index contributed by atoms with van der Waals surface area (Å²) in [5, 5.41) is 5.63. The van der Waals surface area contributed by atoms with Crippen molar-refractivity contribution < 1.29 is 19.1 Å². The zero-order valence-electron chi connectivity index (χ0n) is 16.9. The van der Waals surface area contributed by atoms with Crippen molar-refractivity contribution in [3.8, 4) is 0 Å². The number of nitrogens with zero attached hydrogens (tertiary/aromatic N) is 1. The van der Waals surface area contributed by atoms with Gasteiger partial charge in [-0.15, -0.1) is 0 Å². The average Bonchev–Trinajstić information content (AvgIpc) is 3.10. The molecule has 1 aliphatic rings. The minimum atomic E-state index is -0.397. The van der Waals surface area contributed by atoms with Crippen molar-refractivity contribution in [2.75, 3.05) is 30.5 Å². The van der Waals surface area contributed by atoms with Crippen LogP contribution in [0.25, 0.3) is 0 Å². The zero-order valence-corrected chi connectivity index (χ0v) is 18.5. The van der Waals surface area contributed by atoms with Crippen molar-refractivity contribution in [2.45, 2.75) is 19.9 Å². The van der Waals surface area contributed by atoms with Crippen molar-refractivity contribution in [3.63, 3.8) is 0 Å². The highest BCUT2D eigenvalue weighted by molar-refractivity contribution is 9.10. The molecule has 30 heavy (non-hydrogen) atoms. The fourth-order valence-corrected chi connectivity index (χ4v) is 3.60. The van der Waals surface area contributed by atoms with Gasteiger partial charge in [-0.05, 0) is 48.4 Å². The highest BCUT2D eigenvalue weighted by Crippen LogP contribution is 2.28. The van der Waals surface area contributed by atoms with Crippen LogP contribution in [0.15, 0.2) is 46.9 Å². The van der Waals surface area contributed by atoms with Gasteiger partial charge in [-0.3, -0.25) is 14.4 Å². The predicted molar refractivity (Wildman–Crippen MR) is 118 cm³/mol. The Kier molecular flexibility index (Phi) is 7.23. The first-order valence-electron chi connectivity index (χ1n) is 9.59. The van der Waals surface area contributed by atoms with E-state index in [0.717, 1.165) is 21.3 Å². The Bertz CT molecular complexity index is 963. The lowest BCUT2D eigenvalue weighted by atomic mass is 10.1. The molecule has 158 valence electrons. The van der Waals surface area contributed by atoms with Crippen LogP contribution in [-0.4, -0.2) is 38.0 Å². The molecule has 1 aliphatic heterocycles. The van der Waals surface area contributed by atoms with E-state index in [-0.39, 0.29) is 30.7 Å². The summed E-state index contributed by atoms with van der Waals surface area (Å²) in [5.74, 6) is -0.856. The van der Waals surface area contributed by atoms with Crippen LogP contribution in [0.1, 0.15) is 17.5 Å². The van der Waals surface area contributed by atoms with E-state index in [0.29, 0.717) is 18.8 Å². The molecular weight excluding hydrogens is 450 g/mol. The molecule has 1 saturated heterocycles. The van der Waals surface area contributed by atoms with Gasteiger partial charge in [0.1, 0.15) is 6.61 Å². The quantitative estimate of drug-likeness (QED) is 0.646. The number of anilines is 2. The smallest absolute Gasteiger partial charge is 0.250 e. The molecule has 7 nitrogen and oxygen atoms in total. The van der Waals surface area contributed by atoms with Crippen LogP contribution in [0, 0.1) is 12.8 Å². The van der Waals surface area contributed by atoms with Gasteiger partial charge in [0, 0.05) is 42.5 Å². The molecule has 2 N–H and O–H groups in total. The number of ether oxygens (including phenoxy) is 1. The lowest BCUT2D eigenvalue weighted by Crippen LogP contribution is -2.32. The van der Waals surface area contributed by atoms with Gasteiger partial charge in [0.25, 0.3) is 0 Å². The highest BCUT2D eigenvalue weighted by atomic mass is 79.9. The van der Waals surface area contributed by atoms with Gasteiger partial charge in [-0.2, -0.15) is 0 Å². The summed E-state index contributed by atoms with van der Waals surface area (Å²) in [6.45, 7) is 2.61. The third-order valence-corrected chi connectivity index (χ3v) is 5.79. The Hall–Kier alpha value is -2.71. The molecule has 0 spiro atoms. The van der Waals surface area contributed by atoms with E-state index in [1.807, 2.05) is 31.2 Å². The molecule has 0 radical (unpaired) electrons. The fraction of sp³-hybridized carbons (Fsp3) is 0.318. The number of hydrogen-bond donors (Lipinski definition) is 2. The van der Waals surface area contributed by atoms with Gasteiger partial charge in [0.05, 0.1) is 5.92 Å². The van der Waals surface area contributed by atoms with Crippen molar-refractivity contribution in [1.82, 2.24) is 5.32 Å². The number of hydrogen-bond acceptors (Lipinski definition) is 4. The van der Waals surface area contributed by atoms with Gasteiger partial charge in [0.2, 0.25) is 17.7 Å².